The van der Waals surface area contributed by atoms with Gasteiger partial charge >= 0.3 is 0 Å². The van der Waals surface area contributed by atoms with Crippen molar-refractivity contribution in [3.8, 4) is 0 Å². The second-order valence-corrected chi connectivity index (χ2v) is 4.71. The Bertz CT molecular complexity index is 378. The lowest BCUT2D eigenvalue weighted by molar-refractivity contribution is 0.494. The van der Waals surface area contributed by atoms with Crippen LogP contribution >= 0.6 is 0 Å². The van der Waals surface area contributed by atoms with Crippen LogP contribution in [-0.4, -0.2) is 13.1 Å². The van der Waals surface area contributed by atoms with Crippen molar-refractivity contribution in [1.29, 1.82) is 0 Å². The Morgan fingerprint density at radius 1 is 1.25 bits per heavy atom. The summed E-state index contributed by atoms with van der Waals surface area (Å²) < 4.78 is 26.5. The second-order valence-electron chi connectivity index (χ2n) is 4.71. The highest BCUT2D eigenvalue weighted by molar-refractivity contribution is 5.25. The molecule has 1 aromatic rings. The van der Waals surface area contributed by atoms with Crippen molar-refractivity contribution in [3.05, 3.63) is 35.4 Å². The van der Waals surface area contributed by atoms with Gasteiger partial charge in [-0.25, -0.2) is 8.78 Å². The number of rotatable bonds is 2. The molecule has 1 aliphatic carbocycles. The van der Waals surface area contributed by atoms with Gasteiger partial charge in [0.15, 0.2) is 0 Å². The SMILES string of the molecule is CN[C@H]1CC(C)C(c2ccc(F)cc2F)C1. The maximum atomic E-state index is 13.6. The molecule has 2 unspecified atom stereocenters. The molecular formula is C13H17F2N. The van der Waals surface area contributed by atoms with Crippen molar-refractivity contribution in [2.45, 2.75) is 31.7 Å². The first-order valence-electron chi connectivity index (χ1n) is 5.74. The van der Waals surface area contributed by atoms with E-state index in [9.17, 15) is 8.78 Å². The summed E-state index contributed by atoms with van der Waals surface area (Å²) in [6, 6.07) is 4.36. The van der Waals surface area contributed by atoms with Crippen LogP contribution in [0.25, 0.3) is 0 Å². The molecule has 1 nitrogen and oxygen atoms in total. The number of halogens is 2. The van der Waals surface area contributed by atoms with Gasteiger partial charge < -0.3 is 5.32 Å². The van der Waals surface area contributed by atoms with Gasteiger partial charge in [-0.1, -0.05) is 13.0 Å². The third-order valence-electron chi connectivity index (χ3n) is 3.65. The number of hydrogen-bond donors (Lipinski definition) is 1. The molecule has 1 saturated carbocycles. The van der Waals surface area contributed by atoms with E-state index < -0.39 is 11.6 Å². The van der Waals surface area contributed by atoms with Crippen molar-refractivity contribution < 1.29 is 8.78 Å². The predicted molar refractivity (Wildman–Crippen MR) is 60.3 cm³/mol. The zero-order valence-electron chi connectivity index (χ0n) is 9.63. The molecule has 16 heavy (non-hydrogen) atoms. The van der Waals surface area contributed by atoms with E-state index in [-0.39, 0.29) is 5.92 Å². The fourth-order valence-electron chi connectivity index (χ4n) is 2.72. The first kappa shape index (κ1) is 11.5. The molecule has 1 fully saturated rings. The standard InChI is InChI=1S/C13H17F2N/c1-8-5-10(16-2)7-12(8)11-4-3-9(14)6-13(11)15/h3-4,6,8,10,12,16H,5,7H2,1-2H3/t8?,10-,12?/m0/s1. The van der Waals surface area contributed by atoms with Crippen molar-refractivity contribution in [3.63, 3.8) is 0 Å². The molecule has 0 amide bonds. The molecule has 1 aliphatic rings. The van der Waals surface area contributed by atoms with Crippen molar-refractivity contribution in [2.75, 3.05) is 7.05 Å². The van der Waals surface area contributed by atoms with Crippen molar-refractivity contribution >= 4 is 0 Å². The van der Waals surface area contributed by atoms with Gasteiger partial charge in [0.25, 0.3) is 0 Å². The van der Waals surface area contributed by atoms with Gasteiger partial charge in [0.2, 0.25) is 0 Å². The van der Waals surface area contributed by atoms with Crippen LogP contribution in [0.4, 0.5) is 8.78 Å². The van der Waals surface area contributed by atoms with Crippen LogP contribution in [0.2, 0.25) is 0 Å². The molecule has 2 rings (SSSR count). The summed E-state index contributed by atoms with van der Waals surface area (Å²) in [5.74, 6) is -0.263. The molecule has 0 aliphatic heterocycles. The largest absolute Gasteiger partial charge is 0.317 e. The Kier molecular flexibility index (Phi) is 3.24. The molecule has 0 aromatic heterocycles. The summed E-state index contributed by atoms with van der Waals surface area (Å²) in [4.78, 5) is 0. The molecule has 0 spiro atoms. The minimum Gasteiger partial charge on any atom is -0.317 e. The smallest absolute Gasteiger partial charge is 0.129 e. The minimum absolute atomic E-state index is 0.207. The number of nitrogens with one attached hydrogen (secondary N) is 1. The maximum Gasteiger partial charge on any atom is 0.129 e. The molecule has 0 heterocycles. The molecule has 0 radical (unpaired) electrons. The van der Waals surface area contributed by atoms with E-state index in [4.69, 9.17) is 0 Å². The van der Waals surface area contributed by atoms with E-state index in [1.54, 1.807) is 6.07 Å². The molecule has 88 valence electrons. The molecule has 3 heteroatoms. The average Bonchev–Trinajstić information content (AvgIpc) is 2.60. The quantitative estimate of drug-likeness (QED) is 0.815. The summed E-state index contributed by atoms with van der Waals surface area (Å²) >= 11 is 0. The Morgan fingerprint density at radius 3 is 2.56 bits per heavy atom. The Hall–Kier alpha value is -0.960. The lowest BCUT2D eigenvalue weighted by atomic mass is 9.90. The zero-order valence-corrected chi connectivity index (χ0v) is 9.63. The summed E-state index contributed by atoms with van der Waals surface area (Å²) in [5, 5.41) is 3.23. The van der Waals surface area contributed by atoms with Gasteiger partial charge in [-0.3, -0.25) is 0 Å². The lowest BCUT2D eigenvalue weighted by Gasteiger charge is -2.16. The third kappa shape index (κ3) is 2.09. The first-order chi connectivity index (χ1) is 7.61. The van der Waals surface area contributed by atoms with Crippen LogP contribution < -0.4 is 5.32 Å². The molecule has 1 N–H and O–H groups in total. The predicted octanol–water partition coefficient (Wildman–Crippen LogP) is 3.07. The zero-order chi connectivity index (χ0) is 11.7. The van der Waals surface area contributed by atoms with Crippen LogP contribution in [0.1, 0.15) is 31.2 Å². The van der Waals surface area contributed by atoms with E-state index in [0.717, 1.165) is 18.9 Å². The second kappa shape index (κ2) is 4.50. The van der Waals surface area contributed by atoms with Gasteiger partial charge in [-0.05, 0) is 43.4 Å². The van der Waals surface area contributed by atoms with Gasteiger partial charge in [0.1, 0.15) is 11.6 Å². The van der Waals surface area contributed by atoms with Crippen molar-refractivity contribution in [1.82, 2.24) is 5.32 Å². The van der Waals surface area contributed by atoms with E-state index in [1.807, 2.05) is 7.05 Å². The van der Waals surface area contributed by atoms with Gasteiger partial charge in [0.05, 0.1) is 0 Å². The summed E-state index contributed by atoms with van der Waals surface area (Å²) in [6.45, 7) is 2.13. The Balaban J connectivity index is 2.24. The third-order valence-corrected chi connectivity index (χ3v) is 3.65. The van der Waals surface area contributed by atoms with E-state index in [1.165, 1.54) is 6.07 Å². The highest BCUT2D eigenvalue weighted by Gasteiger charge is 2.32. The van der Waals surface area contributed by atoms with Crippen LogP contribution in [0, 0.1) is 17.6 Å². The maximum absolute atomic E-state index is 13.6. The van der Waals surface area contributed by atoms with Crippen LogP contribution in [-0.2, 0) is 0 Å². The highest BCUT2D eigenvalue weighted by atomic mass is 19.1. The summed E-state index contributed by atoms with van der Waals surface area (Å²) in [5.41, 5.74) is 0.659. The Labute approximate surface area is 94.9 Å². The number of hydrogen-bond acceptors (Lipinski definition) is 1. The fraction of sp³-hybridized carbons (Fsp3) is 0.538. The topological polar surface area (TPSA) is 12.0 Å². The minimum atomic E-state index is -0.503. The van der Waals surface area contributed by atoms with Crippen LogP contribution in [0.3, 0.4) is 0 Å². The molecule has 0 bridgehead atoms. The molecule has 3 atom stereocenters. The normalized spacial score (nSPS) is 29.6. The average molecular weight is 225 g/mol. The summed E-state index contributed by atoms with van der Waals surface area (Å²) in [7, 11) is 1.93. The summed E-state index contributed by atoms with van der Waals surface area (Å²) in [6.07, 6.45) is 1.98. The van der Waals surface area contributed by atoms with Gasteiger partial charge in [-0.2, -0.15) is 0 Å². The number of benzene rings is 1. The van der Waals surface area contributed by atoms with E-state index >= 15 is 0 Å². The molecule has 1 aromatic carbocycles. The molecular weight excluding hydrogens is 208 g/mol. The van der Waals surface area contributed by atoms with Gasteiger partial charge in [0, 0.05) is 12.1 Å². The molecule has 0 saturated heterocycles. The van der Waals surface area contributed by atoms with Crippen LogP contribution in [0.15, 0.2) is 18.2 Å². The Morgan fingerprint density at radius 2 is 2.00 bits per heavy atom. The monoisotopic (exact) mass is 225 g/mol. The van der Waals surface area contributed by atoms with Gasteiger partial charge in [-0.15, -0.1) is 0 Å². The van der Waals surface area contributed by atoms with E-state index in [0.29, 0.717) is 17.5 Å². The van der Waals surface area contributed by atoms with Crippen LogP contribution in [0.5, 0.6) is 0 Å². The lowest BCUT2D eigenvalue weighted by Crippen LogP contribution is -2.21. The van der Waals surface area contributed by atoms with Crippen molar-refractivity contribution in [2.24, 2.45) is 5.92 Å². The highest BCUT2D eigenvalue weighted by Crippen LogP contribution is 2.40. The van der Waals surface area contributed by atoms with E-state index in [2.05, 4.69) is 12.2 Å². The fourth-order valence-corrected chi connectivity index (χ4v) is 2.72. The first-order valence-corrected chi connectivity index (χ1v) is 5.74.